The molecular formula is C24H28N4O3. The Morgan fingerprint density at radius 2 is 1.87 bits per heavy atom. The molecule has 2 aliphatic rings. The lowest BCUT2D eigenvalue weighted by Crippen LogP contribution is -2.51. The molecule has 0 saturated carbocycles. The van der Waals surface area contributed by atoms with Gasteiger partial charge in [0.1, 0.15) is 5.54 Å². The number of rotatable bonds is 7. The summed E-state index contributed by atoms with van der Waals surface area (Å²) in [5.74, 6) is -0.821. The number of carbonyl (C=O) groups excluding carboxylic acids is 3. The molecule has 4 amide bonds. The van der Waals surface area contributed by atoms with E-state index in [4.69, 9.17) is 0 Å². The van der Waals surface area contributed by atoms with Crippen LogP contribution >= 0.6 is 0 Å². The van der Waals surface area contributed by atoms with E-state index >= 15 is 0 Å². The van der Waals surface area contributed by atoms with Gasteiger partial charge >= 0.3 is 6.03 Å². The van der Waals surface area contributed by atoms with Crippen LogP contribution in [0, 0.1) is 0 Å². The summed E-state index contributed by atoms with van der Waals surface area (Å²) >= 11 is 0. The molecule has 31 heavy (non-hydrogen) atoms. The van der Waals surface area contributed by atoms with Crippen molar-refractivity contribution in [2.24, 2.45) is 0 Å². The number of hydrogen-bond acceptors (Lipinski definition) is 4. The Bertz CT molecular complexity index is 993. The summed E-state index contributed by atoms with van der Waals surface area (Å²) in [5.41, 5.74) is 5.09. The molecule has 0 bridgehead atoms. The van der Waals surface area contributed by atoms with E-state index < -0.39 is 17.5 Å². The van der Waals surface area contributed by atoms with Crippen LogP contribution in [-0.2, 0) is 22.4 Å². The highest BCUT2D eigenvalue weighted by Crippen LogP contribution is 2.34. The van der Waals surface area contributed by atoms with Gasteiger partial charge in [0.15, 0.2) is 0 Å². The van der Waals surface area contributed by atoms with Crippen LogP contribution in [0.3, 0.4) is 0 Å². The number of urea groups is 1. The molecule has 1 saturated heterocycles. The highest BCUT2D eigenvalue weighted by molar-refractivity contribution is 6.07. The van der Waals surface area contributed by atoms with Gasteiger partial charge in [-0.1, -0.05) is 54.6 Å². The Labute approximate surface area is 182 Å². The van der Waals surface area contributed by atoms with Gasteiger partial charge in [-0.05, 0) is 56.3 Å². The second kappa shape index (κ2) is 8.51. The maximum atomic E-state index is 12.9. The van der Waals surface area contributed by atoms with E-state index in [1.54, 1.807) is 6.92 Å². The van der Waals surface area contributed by atoms with Gasteiger partial charge in [0, 0.05) is 6.04 Å². The summed E-state index contributed by atoms with van der Waals surface area (Å²) in [4.78, 5) is 39.9. The summed E-state index contributed by atoms with van der Waals surface area (Å²) in [6.45, 7) is 1.79. The van der Waals surface area contributed by atoms with Crippen molar-refractivity contribution in [3.63, 3.8) is 0 Å². The van der Waals surface area contributed by atoms with Crippen LogP contribution in [0.4, 0.5) is 4.79 Å². The third-order valence-electron chi connectivity index (χ3n) is 6.28. The van der Waals surface area contributed by atoms with Crippen LogP contribution in [-0.4, -0.2) is 46.9 Å². The summed E-state index contributed by atoms with van der Waals surface area (Å²) in [7, 11) is 1.89. The van der Waals surface area contributed by atoms with Crippen LogP contribution < -0.4 is 10.7 Å². The summed E-state index contributed by atoms with van der Waals surface area (Å²) in [5, 5.41) is 3.56. The van der Waals surface area contributed by atoms with Crippen LogP contribution in [0.1, 0.15) is 42.5 Å². The number of hydrogen-bond donors (Lipinski definition) is 2. The average molecular weight is 421 g/mol. The highest BCUT2D eigenvalue weighted by atomic mass is 16.2. The molecule has 1 aliphatic heterocycles. The lowest BCUT2D eigenvalue weighted by molar-refractivity contribution is -0.139. The van der Waals surface area contributed by atoms with Crippen LogP contribution in [0.2, 0.25) is 0 Å². The molecule has 4 rings (SSSR count). The number of imide groups is 1. The molecule has 0 aromatic heterocycles. The van der Waals surface area contributed by atoms with Gasteiger partial charge in [-0.25, -0.2) is 4.79 Å². The van der Waals surface area contributed by atoms with Gasteiger partial charge in [-0.15, -0.1) is 0 Å². The molecule has 1 heterocycles. The second-order valence-corrected chi connectivity index (χ2v) is 8.59. The molecule has 2 aromatic carbocycles. The van der Waals surface area contributed by atoms with Gasteiger partial charge in [0.2, 0.25) is 0 Å². The van der Waals surface area contributed by atoms with E-state index in [0.29, 0.717) is 12.8 Å². The third-order valence-corrected chi connectivity index (χ3v) is 6.28. The predicted molar refractivity (Wildman–Crippen MR) is 117 cm³/mol. The number of amides is 4. The third kappa shape index (κ3) is 4.32. The lowest BCUT2D eigenvalue weighted by atomic mass is 9.93. The number of benzene rings is 2. The first-order chi connectivity index (χ1) is 14.9. The van der Waals surface area contributed by atoms with Gasteiger partial charge in [-0.2, -0.15) is 5.01 Å². The number of nitrogens with one attached hydrogen (secondary N) is 2. The fourth-order valence-corrected chi connectivity index (χ4v) is 4.48. The maximum Gasteiger partial charge on any atom is 0.344 e. The zero-order valence-electron chi connectivity index (χ0n) is 17.9. The minimum Gasteiger partial charge on any atom is -0.322 e. The zero-order chi connectivity index (χ0) is 22.0. The minimum absolute atomic E-state index is 0.0940. The number of nitrogens with zero attached hydrogens (tertiary/aromatic N) is 2. The molecule has 2 atom stereocenters. The van der Waals surface area contributed by atoms with E-state index in [2.05, 4.69) is 22.9 Å². The zero-order valence-corrected chi connectivity index (χ0v) is 17.9. The fraction of sp³-hybridized carbons (Fsp3) is 0.375. The molecule has 0 spiro atoms. The molecule has 1 aliphatic carbocycles. The van der Waals surface area contributed by atoms with E-state index in [-0.39, 0.29) is 18.5 Å². The van der Waals surface area contributed by atoms with Gasteiger partial charge in [0.25, 0.3) is 11.8 Å². The van der Waals surface area contributed by atoms with E-state index in [9.17, 15) is 14.4 Å². The molecule has 0 unspecified atom stereocenters. The SMILES string of the molecule is CN(CC(=O)NN1C(=O)N[C@@](C)(CCc2ccccc2)C1=O)[C@H]1CCc2ccccc21. The molecule has 2 aromatic rings. The molecular weight excluding hydrogens is 392 g/mol. The summed E-state index contributed by atoms with van der Waals surface area (Å²) in [6, 6.07) is 17.6. The molecule has 7 heteroatoms. The van der Waals surface area contributed by atoms with Crippen molar-refractivity contribution >= 4 is 17.8 Å². The van der Waals surface area contributed by atoms with Gasteiger partial charge < -0.3 is 5.32 Å². The van der Waals surface area contributed by atoms with E-state index in [1.165, 1.54) is 11.1 Å². The highest BCUT2D eigenvalue weighted by Gasteiger charge is 2.48. The molecule has 2 N–H and O–H groups in total. The lowest BCUT2D eigenvalue weighted by Gasteiger charge is -2.26. The first kappa shape index (κ1) is 21.1. The molecule has 162 valence electrons. The number of fused-ring (bicyclic) bond motifs is 1. The quantitative estimate of drug-likeness (QED) is 0.675. The van der Waals surface area contributed by atoms with Crippen molar-refractivity contribution in [3.8, 4) is 0 Å². The number of carbonyl (C=O) groups is 3. The topological polar surface area (TPSA) is 81.8 Å². The second-order valence-electron chi connectivity index (χ2n) is 8.59. The number of aryl methyl sites for hydroxylation is 2. The van der Waals surface area contributed by atoms with Crippen LogP contribution in [0.5, 0.6) is 0 Å². The number of hydrazine groups is 1. The Morgan fingerprint density at radius 1 is 1.16 bits per heavy atom. The van der Waals surface area contributed by atoms with E-state index in [0.717, 1.165) is 23.4 Å². The maximum absolute atomic E-state index is 12.9. The Morgan fingerprint density at radius 3 is 2.65 bits per heavy atom. The normalized spacial score (nSPS) is 22.5. The van der Waals surface area contributed by atoms with Gasteiger partial charge in [0.05, 0.1) is 6.54 Å². The van der Waals surface area contributed by atoms with Crippen LogP contribution in [0.25, 0.3) is 0 Å². The fourth-order valence-electron chi connectivity index (χ4n) is 4.48. The molecule has 0 radical (unpaired) electrons. The largest absolute Gasteiger partial charge is 0.344 e. The standard InChI is InChI=1S/C24H28N4O3/c1-24(15-14-17-8-4-3-5-9-17)22(30)28(23(31)25-24)26-21(29)16-27(2)20-13-12-18-10-6-7-11-19(18)20/h3-11,20H,12-16H2,1-2H3,(H,25,31)(H,26,29)/t20-,24-/m0/s1. The van der Waals surface area contributed by atoms with Crippen molar-refractivity contribution in [2.75, 3.05) is 13.6 Å². The van der Waals surface area contributed by atoms with Crippen molar-refractivity contribution in [3.05, 3.63) is 71.3 Å². The van der Waals surface area contributed by atoms with Crippen molar-refractivity contribution in [1.82, 2.24) is 20.7 Å². The number of likely N-dealkylation sites (N-methyl/N-ethyl adjacent to an activating group) is 1. The summed E-state index contributed by atoms with van der Waals surface area (Å²) < 4.78 is 0. The van der Waals surface area contributed by atoms with Crippen LogP contribution in [0.15, 0.2) is 54.6 Å². The first-order valence-electron chi connectivity index (χ1n) is 10.7. The van der Waals surface area contributed by atoms with E-state index in [1.807, 2.05) is 54.4 Å². The predicted octanol–water partition coefficient (Wildman–Crippen LogP) is 2.58. The minimum atomic E-state index is -1.05. The average Bonchev–Trinajstić information content (AvgIpc) is 3.28. The smallest absolute Gasteiger partial charge is 0.322 e. The molecule has 7 nitrogen and oxygen atoms in total. The molecule has 1 fully saturated rings. The Hall–Kier alpha value is -3.19. The monoisotopic (exact) mass is 420 g/mol. The van der Waals surface area contributed by atoms with Crippen molar-refractivity contribution in [1.29, 1.82) is 0 Å². The van der Waals surface area contributed by atoms with Gasteiger partial charge in [-0.3, -0.25) is 19.9 Å². The summed E-state index contributed by atoms with van der Waals surface area (Å²) in [6.07, 6.45) is 3.03. The Kier molecular flexibility index (Phi) is 5.78. The van der Waals surface area contributed by atoms with Crippen molar-refractivity contribution < 1.29 is 14.4 Å². The first-order valence-corrected chi connectivity index (χ1v) is 10.7. The Balaban J connectivity index is 1.35. The van der Waals surface area contributed by atoms with Crippen molar-refractivity contribution in [2.45, 2.75) is 44.2 Å².